The second kappa shape index (κ2) is 7.96. The molecule has 0 unspecified atom stereocenters. The molecule has 2 heterocycles. The van der Waals surface area contributed by atoms with Crippen molar-refractivity contribution in [2.75, 3.05) is 49.6 Å². The number of benzene rings is 1. The Morgan fingerprint density at radius 3 is 2.42 bits per heavy atom. The topological polar surface area (TPSA) is 65.0 Å². The molecule has 2 saturated heterocycles. The molecule has 0 spiro atoms. The van der Waals surface area contributed by atoms with Crippen molar-refractivity contribution in [2.24, 2.45) is 0 Å². The molecule has 0 aromatic heterocycles. The molecule has 1 aromatic rings. The third-order valence-electron chi connectivity index (χ3n) is 4.94. The minimum atomic E-state index is -0.218. The number of likely N-dealkylation sites (tertiary alicyclic amines) is 1. The average molecular weight is 333 g/mol. The average Bonchev–Trinajstić information content (AvgIpc) is 2.63. The third-order valence-corrected chi connectivity index (χ3v) is 4.94. The Labute approximate surface area is 143 Å². The van der Waals surface area contributed by atoms with Crippen molar-refractivity contribution in [2.45, 2.75) is 31.9 Å². The lowest BCUT2D eigenvalue weighted by atomic mass is 10.1. The first-order valence-electron chi connectivity index (χ1n) is 8.79. The van der Waals surface area contributed by atoms with Gasteiger partial charge in [0.25, 0.3) is 0 Å². The third kappa shape index (κ3) is 4.26. The van der Waals surface area contributed by atoms with Gasteiger partial charge in [0.1, 0.15) is 0 Å². The molecule has 0 radical (unpaired) electrons. The first-order chi connectivity index (χ1) is 11.6. The lowest BCUT2D eigenvalue weighted by Gasteiger charge is -2.33. The molecule has 132 valence electrons. The van der Waals surface area contributed by atoms with E-state index in [9.17, 15) is 9.90 Å². The summed E-state index contributed by atoms with van der Waals surface area (Å²) in [5.74, 6) is 0.00510. The Kier molecular flexibility index (Phi) is 5.71. The maximum atomic E-state index is 12.4. The first kappa shape index (κ1) is 17.2. The quantitative estimate of drug-likeness (QED) is 0.870. The smallest absolute Gasteiger partial charge is 0.241 e. The van der Waals surface area contributed by atoms with Crippen LogP contribution in [0.4, 0.5) is 11.4 Å². The monoisotopic (exact) mass is 333 g/mol. The van der Waals surface area contributed by atoms with Crippen LogP contribution in [0.2, 0.25) is 0 Å². The number of morpholine rings is 1. The molecule has 2 fully saturated rings. The lowest BCUT2D eigenvalue weighted by molar-refractivity contribution is -0.121. The van der Waals surface area contributed by atoms with Crippen molar-refractivity contribution in [1.82, 2.24) is 4.90 Å². The number of piperidine rings is 1. The zero-order chi connectivity index (χ0) is 16.9. The van der Waals surface area contributed by atoms with E-state index in [1.165, 1.54) is 0 Å². The molecule has 0 saturated carbocycles. The van der Waals surface area contributed by atoms with E-state index in [1.807, 2.05) is 31.2 Å². The van der Waals surface area contributed by atoms with Crippen molar-refractivity contribution >= 4 is 17.3 Å². The van der Waals surface area contributed by atoms with Gasteiger partial charge in [0.05, 0.1) is 25.4 Å². The number of ether oxygens (including phenoxy) is 1. The predicted molar refractivity (Wildman–Crippen MR) is 94.4 cm³/mol. The highest BCUT2D eigenvalue weighted by atomic mass is 16.5. The lowest BCUT2D eigenvalue weighted by Crippen LogP contribution is -2.47. The Morgan fingerprint density at radius 1 is 1.17 bits per heavy atom. The fourth-order valence-corrected chi connectivity index (χ4v) is 3.26. The van der Waals surface area contributed by atoms with E-state index in [2.05, 4.69) is 15.1 Å². The maximum absolute atomic E-state index is 12.4. The number of rotatable bonds is 4. The van der Waals surface area contributed by atoms with Crippen LogP contribution in [0.5, 0.6) is 0 Å². The molecule has 0 aliphatic carbocycles. The summed E-state index contributed by atoms with van der Waals surface area (Å²) < 4.78 is 5.37. The number of hydrogen-bond donors (Lipinski definition) is 2. The zero-order valence-electron chi connectivity index (χ0n) is 14.3. The van der Waals surface area contributed by atoms with Gasteiger partial charge in [-0.25, -0.2) is 0 Å². The molecule has 2 aliphatic rings. The summed E-state index contributed by atoms with van der Waals surface area (Å²) in [6.07, 6.45) is 1.27. The number of nitrogens with one attached hydrogen (secondary N) is 1. The van der Waals surface area contributed by atoms with Crippen molar-refractivity contribution < 1.29 is 14.6 Å². The summed E-state index contributed by atoms with van der Waals surface area (Å²) in [5.41, 5.74) is 1.98. The number of aliphatic hydroxyl groups excluding tert-OH is 1. The summed E-state index contributed by atoms with van der Waals surface area (Å²) in [7, 11) is 0. The van der Waals surface area contributed by atoms with E-state index in [4.69, 9.17) is 4.74 Å². The second-order valence-electron chi connectivity index (χ2n) is 6.58. The summed E-state index contributed by atoms with van der Waals surface area (Å²) in [5, 5.41) is 12.6. The standard InChI is InChI=1S/C18H27N3O3/c1-14(20-8-6-17(22)7-9-20)18(23)19-15-2-4-16(5-3-15)21-10-12-24-13-11-21/h2-5,14,17,22H,6-13H2,1H3,(H,19,23)/t14-/m1/s1. The molecule has 2 N–H and O–H groups in total. The van der Waals surface area contributed by atoms with Crippen molar-refractivity contribution in [3.8, 4) is 0 Å². The Hall–Kier alpha value is -1.63. The van der Waals surface area contributed by atoms with Gasteiger partial charge in [-0.15, -0.1) is 0 Å². The number of anilines is 2. The zero-order valence-corrected chi connectivity index (χ0v) is 14.3. The number of amides is 1. The van der Waals surface area contributed by atoms with Crippen LogP contribution in [0.15, 0.2) is 24.3 Å². The van der Waals surface area contributed by atoms with Gasteiger partial charge in [0.2, 0.25) is 5.91 Å². The van der Waals surface area contributed by atoms with Crippen LogP contribution in [0, 0.1) is 0 Å². The van der Waals surface area contributed by atoms with Crippen LogP contribution in [0.25, 0.3) is 0 Å². The maximum Gasteiger partial charge on any atom is 0.241 e. The van der Waals surface area contributed by atoms with E-state index in [-0.39, 0.29) is 18.1 Å². The van der Waals surface area contributed by atoms with Crippen molar-refractivity contribution in [3.05, 3.63) is 24.3 Å². The van der Waals surface area contributed by atoms with Crippen molar-refractivity contribution in [1.29, 1.82) is 0 Å². The van der Waals surface area contributed by atoms with Crippen LogP contribution in [-0.4, -0.2) is 67.5 Å². The first-order valence-corrected chi connectivity index (χ1v) is 8.79. The number of carbonyl (C=O) groups is 1. The molecule has 1 atom stereocenters. The molecule has 6 heteroatoms. The molecule has 3 rings (SSSR count). The fraction of sp³-hybridized carbons (Fsp3) is 0.611. The molecular formula is C18H27N3O3. The number of hydrogen-bond acceptors (Lipinski definition) is 5. The van der Waals surface area contributed by atoms with E-state index >= 15 is 0 Å². The Balaban J connectivity index is 1.54. The number of carbonyl (C=O) groups excluding carboxylic acids is 1. The SMILES string of the molecule is C[C@H](C(=O)Nc1ccc(N2CCOCC2)cc1)N1CCC(O)CC1. The highest BCUT2D eigenvalue weighted by molar-refractivity contribution is 5.94. The molecule has 2 aliphatic heterocycles. The minimum Gasteiger partial charge on any atom is -0.393 e. The van der Waals surface area contributed by atoms with Crippen LogP contribution in [0.1, 0.15) is 19.8 Å². The summed E-state index contributed by atoms with van der Waals surface area (Å²) in [6, 6.07) is 7.81. The largest absolute Gasteiger partial charge is 0.393 e. The van der Waals surface area contributed by atoms with E-state index in [1.54, 1.807) is 0 Å². The van der Waals surface area contributed by atoms with Gasteiger partial charge < -0.3 is 20.1 Å². The fourth-order valence-electron chi connectivity index (χ4n) is 3.26. The summed E-state index contributed by atoms with van der Waals surface area (Å²) in [6.45, 7) is 6.81. The van der Waals surface area contributed by atoms with Crippen LogP contribution >= 0.6 is 0 Å². The number of nitrogens with zero attached hydrogens (tertiary/aromatic N) is 2. The van der Waals surface area contributed by atoms with Gasteiger partial charge in [-0.1, -0.05) is 0 Å². The molecule has 1 amide bonds. The minimum absolute atomic E-state index is 0.00510. The van der Waals surface area contributed by atoms with Gasteiger partial charge >= 0.3 is 0 Å². The molecule has 24 heavy (non-hydrogen) atoms. The van der Waals surface area contributed by atoms with Crippen LogP contribution < -0.4 is 10.2 Å². The van der Waals surface area contributed by atoms with Gasteiger partial charge in [-0.3, -0.25) is 9.69 Å². The van der Waals surface area contributed by atoms with Gasteiger partial charge in [-0.2, -0.15) is 0 Å². The molecule has 6 nitrogen and oxygen atoms in total. The highest BCUT2D eigenvalue weighted by Crippen LogP contribution is 2.20. The molecule has 1 aromatic carbocycles. The highest BCUT2D eigenvalue weighted by Gasteiger charge is 2.25. The van der Waals surface area contributed by atoms with E-state index < -0.39 is 0 Å². The van der Waals surface area contributed by atoms with Gasteiger partial charge in [0, 0.05) is 37.6 Å². The predicted octanol–water partition coefficient (Wildman–Crippen LogP) is 1.31. The Bertz CT molecular complexity index is 535. The van der Waals surface area contributed by atoms with E-state index in [0.717, 1.165) is 63.6 Å². The Morgan fingerprint density at radius 2 is 1.79 bits per heavy atom. The number of aliphatic hydroxyl groups is 1. The van der Waals surface area contributed by atoms with Crippen LogP contribution in [-0.2, 0) is 9.53 Å². The van der Waals surface area contributed by atoms with E-state index in [0.29, 0.717) is 0 Å². The normalized spacial score (nSPS) is 21.5. The summed E-state index contributed by atoms with van der Waals surface area (Å²) >= 11 is 0. The van der Waals surface area contributed by atoms with Gasteiger partial charge in [-0.05, 0) is 44.0 Å². The molecular weight excluding hydrogens is 306 g/mol. The van der Waals surface area contributed by atoms with Gasteiger partial charge in [0.15, 0.2) is 0 Å². The molecule has 0 bridgehead atoms. The van der Waals surface area contributed by atoms with Crippen molar-refractivity contribution in [3.63, 3.8) is 0 Å². The summed E-state index contributed by atoms with van der Waals surface area (Å²) in [4.78, 5) is 16.9. The second-order valence-corrected chi connectivity index (χ2v) is 6.58. The van der Waals surface area contributed by atoms with Crippen LogP contribution in [0.3, 0.4) is 0 Å².